The van der Waals surface area contributed by atoms with Crippen molar-refractivity contribution in [2.45, 2.75) is 6.18 Å². The number of amides is 1. The van der Waals surface area contributed by atoms with Crippen molar-refractivity contribution in [1.82, 2.24) is 0 Å². The van der Waals surface area contributed by atoms with E-state index >= 15 is 0 Å². The average molecular weight is 217 g/mol. The molecule has 1 aromatic carbocycles. The quantitative estimate of drug-likeness (QED) is 0.621. The first kappa shape index (κ1) is 11.2. The van der Waals surface area contributed by atoms with Gasteiger partial charge in [-0.05, 0) is 12.1 Å². The van der Waals surface area contributed by atoms with Gasteiger partial charge in [-0.25, -0.2) is 0 Å². The van der Waals surface area contributed by atoms with Crippen LogP contribution in [0.15, 0.2) is 24.3 Å². The van der Waals surface area contributed by atoms with E-state index in [-0.39, 0.29) is 5.69 Å². The molecular weight excluding hydrogens is 211 g/mol. The molecule has 80 valence electrons. The van der Waals surface area contributed by atoms with Crippen LogP contribution in [-0.4, -0.2) is 18.4 Å². The normalized spacial score (nSPS) is 10.9. The van der Waals surface area contributed by atoms with E-state index in [1.807, 2.05) is 0 Å². The molecule has 15 heavy (non-hydrogen) atoms. The van der Waals surface area contributed by atoms with Gasteiger partial charge < -0.3 is 5.32 Å². The number of benzene rings is 1. The SMILES string of the molecule is O=CNc1cccc(C(=O)C(F)(F)F)c1. The van der Waals surface area contributed by atoms with Crippen LogP contribution >= 0.6 is 0 Å². The molecule has 0 fully saturated rings. The molecule has 6 heteroatoms. The zero-order valence-corrected chi connectivity index (χ0v) is 7.34. The Hall–Kier alpha value is -1.85. The monoisotopic (exact) mass is 217 g/mol. The fourth-order valence-corrected chi connectivity index (χ4v) is 0.982. The highest BCUT2D eigenvalue weighted by molar-refractivity contribution is 6.01. The Morgan fingerprint density at radius 2 is 2.00 bits per heavy atom. The van der Waals surface area contributed by atoms with Crippen molar-refractivity contribution in [2.75, 3.05) is 5.32 Å². The number of carbonyl (C=O) groups excluding carboxylic acids is 2. The minimum Gasteiger partial charge on any atom is -0.329 e. The zero-order chi connectivity index (χ0) is 11.5. The number of hydrogen-bond donors (Lipinski definition) is 1. The number of rotatable bonds is 3. The highest BCUT2D eigenvalue weighted by atomic mass is 19.4. The molecule has 0 aliphatic carbocycles. The van der Waals surface area contributed by atoms with Crippen LogP contribution in [0.3, 0.4) is 0 Å². The predicted octanol–water partition coefficient (Wildman–Crippen LogP) is 2.00. The van der Waals surface area contributed by atoms with Crippen molar-refractivity contribution < 1.29 is 22.8 Å². The van der Waals surface area contributed by atoms with Gasteiger partial charge in [0.05, 0.1) is 0 Å². The summed E-state index contributed by atoms with van der Waals surface area (Å²) in [6.45, 7) is 0. The molecule has 0 spiro atoms. The van der Waals surface area contributed by atoms with Gasteiger partial charge in [0.25, 0.3) is 5.78 Å². The first-order valence-electron chi connectivity index (χ1n) is 3.87. The Morgan fingerprint density at radius 3 is 2.53 bits per heavy atom. The highest BCUT2D eigenvalue weighted by Gasteiger charge is 2.39. The maximum absolute atomic E-state index is 12.0. The Kier molecular flexibility index (Phi) is 3.08. The van der Waals surface area contributed by atoms with Crippen molar-refractivity contribution in [2.24, 2.45) is 0 Å². The summed E-state index contributed by atoms with van der Waals surface area (Å²) >= 11 is 0. The lowest BCUT2D eigenvalue weighted by atomic mass is 10.1. The fraction of sp³-hybridized carbons (Fsp3) is 0.111. The molecule has 0 saturated carbocycles. The maximum atomic E-state index is 12.0. The van der Waals surface area contributed by atoms with Gasteiger partial charge in [-0.15, -0.1) is 0 Å². The van der Waals surface area contributed by atoms with Crippen LogP contribution in [0, 0.1) is 0 Å². The van der Waals surface area contributed by atoms with E-state index in [1.54, 1.807) is 0 Å². The third kappa shape index (κ3) is 2.80. The predicted molar refractivity (Wildman–Crippen MR) is 46.5 cm³/mol. The highest BCUT2D eigenvalue weighted by Crippen LogP contribution is 2.22. The molecule has 0 heterocycles. The van der Waals surface area contributed by atoms with Crippen LogP contribution in [0.25, 0.3) is 0 Å². The van der Waals surface area contributed by atoms with Crippen LogP contribution < -0.4 is 5.32 Å². The van der Waals surface area contributed by atoms with Crippen LogP contribution in [0.1, 0.15) is 10.4 Å². The van der Waals surface area contributed by atoms with Gasteiger partial charge in [-0.2, -0.15) is 13.2 Å². The number of nitrogens with one attached hydrogen (secondary N) is 1. The van der Waals surface area contributed by atoms with Crippen LogP contribution in [0.2, 0.25) is 0 Å². The number of carbonyl (C=O) groups is 2. The first-order chi connectivity index (χ1) is 6.95. The summed E-state index contributed by atoms with van der Waals surface area (Å²) in [5, 5.41) is 2.15. The number of hydrogen-bond acceptors (Lipinski definition) is 2. The second kappa shape index (κ2) is 4.12. The Balaban J connectivity index is 3.00. The van der Waals surface area contributed by atoms with Crippen molar-refractivity contribution in [1.29, 1.82) is 0 Å². The van der Waals surface area contributed by atoms with Crippen molar-refractivity contribution >= 4 is 17.9 Å². The smallest absolute Gasteiger partial charge is 0.329 e. The molecule has 1 rings (SSSR count). The Labute approximate surface area is 82.9 Å². The van der Waals surface area contributed by atoms with Crippen molar-refractivity contribution in [3.8, 4) is 0 Å². The largest absolute Gasteiger partial charge is 0.454 e. The summed E-state index contributed by atoms with van der Waals surface area (Å²) in [5.41, 5.74) is -0.366. The standard InChI is InChI=1S/C9H6F3NO2/c10-9(11,12)8(15)6-2-1-3-7(4-6)13-5-14/h1-5H,(H,13,14). The molecule has 0 unspecified atom stereocenters. The van der Waals surface area contributed by atoms with Gasteiger partial charge >= 0.3 is 6.18 Å². The van der Waals surface area contributed by atoms with Crippen LogP contribution in [-0.2, 0) is 4.79 Å². The van der Waals surface area contributed by atoms with E-state index in [9.17, 15) is 22.8 Å². The number of ketones is 1. The van der Waals surface area contributed by atoms with Crippen molar-refractivity contribution in [3.05, 3.63) is 29.8 Å². The van der Waals surface area contributed by atoms with Gasteiger partial charge in [-0.3, -0.25) is 9.59 Å². The summed E-state index contributed by atoms with van der Waals surface area (Å²) in [4.78, 5) is 20.8. The fourth-order valence-electron chi connectivity index (χ4n) is 0.982. The van der Waals surface area contributed by atoms with Gasteiger partial charge in [0.1, 0.15) is 0 Å². The summed E-state index contributed by atoms with van der Waals surface area (Å²) in [7, 11) is 0. The average Bonchev–Trinajstić information content (AvgIpc) is 2.16. The topological polar surface area (TPSA) is 46.2 Å². The molecule has 3 nitrogen and oxygen atoms in total. The molecule has 0 saturated heterocycles. The lowest BCUT2D eigenvalue weighted by Crippen LogP contribution is -2.22. The number of halogens is 3. The molecule has 0 bridgehead atoms. The van der Waals surface area contributed by atoms with Gasteiger partial charge in [-0.1, -0.05) is 12.1 Å². The minimum absolute atomic E-state index is 0.139. The van der Waals surface area contributed by atoms with Crippen LogP contribution in [0.4, 0.5) is 18.9 Å². The second-order valence-electron chi connectivity index (χ2n) is 2.67. The minimum atomic E-state index is -4.90. The third-order valence-electron chi connectivity index (χ3n) is 1.61. The van der Waals surface area contributed by atoms with E-state index in [1.165, 1.54) is 12.1 Å². The third-order valence-corrected chi connectivity index (χ3v) is 1.61. The van der Waals surface area contributed by atoms with E-state index in [0.29, 0.717) is 6.41 Å². The molecule has 0 aliphatic heterocycles. The lowest BCUT2D eigenvalue weighted by molar-refractivity contribution is -0.105. The second-order valence-corrected chi connectivity index (χ2v) is 2.67. The van der Waals surface area contributed by atoms with E-state index in [0.717, 1.165) is 12.1 Å². The van der Waals surface area contributed by atoms with Gasteiger partial charge in [0.15, 0.2) is 0 Å². The summed E-state index contributed by atoms with van der Waals surface area (Å²) in [6.07, 6.45) is -4.59. The number of anilines is 1. The first-order valence-corrected chi connectivity index (χ1v) is 3.87. The summed E-state index contributed by atoms with van der Waals surface area (Å²) in [6, 6.07) is 4.63. The molecular formula is C9H6F3NO2. The molecule has 1 amide bonds. The molecule has 0 aliphatic rings. The molecule has 1 N–H and O–H groups in total. The molecule has 0 radical (unpaired) electrons. The zero-order valence-electron chi connectivity index (χ0n) is 7.34. The summed E-state index contributed by atoms with van der Waals surface area (Å²) in [5.74, 6) is -1.93. The van der Waals surface area contributed by atoms with Crippen molar-refractivity contribution in [3.63, 3.8) is 0 Å². The Morgan fingerprint density at radius 1 is 1.33 bits per heavy atom. The van der Waals surface area contributed by atoms with E-state index in [2.05, 4.69) is 5.32 Å². The molecule has 0 atom stereocenters. The van der Waals surface area contributed by atoms with E-state index < -0.39 is 17.5 Å². The summed E-state index contributed by atoms with van der Waals surface area (Å²) < 4.78 is 36.0. The molecule has 0 aromatic heterocycles. The van der Waals surface area contributed by atoms with Gasteiger partial charge in [0, 0.05) is 11.3 Å². The molecule has 1 aromatic rings. The maximum Gasteiger partial charge on any atom is 0.454 e. The lowest BCUT2D eigenvalue weighted by Gasteiger charge is -2.06. The Bertz CT molecular complexity index is 387. The van der Waals surface area contributed by atoms with E-state index in [4.69, 9.17) is 0 Å². The number of alkyl halides is 3. The van der Waals surface area contributed by atoms with Crippen LogP contribution in [0.5, 0.6) is 0 Å². The number of Topliss-reactive ketones (excluding diaryl/α,β-unsaturated/α-hetero) is 1. The van der Waals surface area contributed by atoms with Gasteiger partial charge in [0.2, 0.25) is 6.41 Å².